The van der Waals surface area contributed by atoms with E-state index >= 15 is 0 Å². The van der Waals surface area contributed by atoms with Gasteiger partial charge in [0.05, 0.1) is 12.0 Å². The first-order valence-corrected chi connectivity index (χ1v) is 8.72. The minimum Gasteiger partial charge on any atom is -0.324 e. The van der Waals surface area contributed by atoms with Gasteiger partial charge in [-0.15, -0.1) is 11.8 Å². The monoisotopic (exact) mass is 331 g/mol. The van der Waals surface area contributed by atoms with E-state index in [1.807, 2.05) is 19.1 Å². The zero-order valence-electron chi connectivity index (χ0n) is 11.0. The van der Waals surface area contributed by atoms with Crippen molar-refractivity contribution in [3.8, 4) is 0 Å². The summed E-state index contributed by atoms with van der Waals surface area (Å²) in [5.74, 6) is 0.850. The fourth-order valence-corrected chi connectivity index (χ4v) is 3.94. The lowest BCUT2D eigenvalue weighted by molar-refractivity contribution is 0.598. The minimum absolute atomic E-state index is 0.0816. The molecule has 108 valence electrons. The molecule has 0 saturated heterocycles. The average Bonchev–Trinajstić information content (AvgIpc) is 2.73. The van der Waals surface area contributed by atoms with Crippen LogP contribution in [0.5, 0.6) is 0 Å². The Kier molecular flexibility index (Phi) is 4.62. The van der Waals surface area contributed by atoms with Crippen LogP contribution >= 0.6 is 23.4 Å². The van der Waals surface area contributed by atoms with Gasteiger partial charge in [-0.3, -0.25) is 4.72 Å². The van der Waals surface area contributed by atoms with Crippen LogP contribution in [0.25, 0.3) is 0 Å². The molecule has 20 heavy (non-hydrogen) atoms. The third-order valence-electron chi connectivity index (χ3n) is 2.52. The molecule has 1 N–H and O–H groups in total. The van der Waals surface area contributed by atoms with E-state index in [1.54, 1.807) is 30.9 Å². The number of nitrogens with one attached hydrogen (secondary N) is 1. The van der Waals surface area contributed by atoms with Gasteiger partial charge < -0.3 is 4.57 Å². The highest BCUT2D eigenvalue weighted by Crippen LogP contribution is 2.29. The van der Waals surface area contributed by atoms with Crippen LogP contribution < -0.4 is 4.72 Å². The summed E-state index contributed by atoms with van der Waals surface area (Å²) >= 11 is 7.50. The molecule has 8 heteroatoms. The molecular formula is C12H14ClN3O2S2. The lowest BCUT2D eigenvalue weighted by atomic mass is 10.3. The normalized spacial score (nSPS) is 11.6. The number of halogens is 1. The van der Waals surface area contributed by atoms with Gasteiger partial charge in [-0.2, -0.15) is 8.42 Å². The van der Waals surface area contributed by atoms with Crippen LogP contribution in [-0.2, 0) is 17.1 Å². The number of hydrogen-bond donors (Lipinski definition) is 1. The minimum atomic E-state index is -3.79. The molecule has 0 amide bonds. The van der Waals surface area contributed by atoms with Crippen molar-refractivity contribution in [1.82, 2.24) is 9.55 Å². The van der Waals surface area contributed by atoms with Crippen LogP contribution in [0.4, 0.5) is 5.69 Å². The molecule has 1 heterocycles. The number of nitrogens with zero attached hydrogens (tertiary/aromatic N) is 2. The van der Waals surface area contributed by atoms with Crippen molar-refractivity contribution >= 4 is 39.1 Å². The van der Waals surface area contributed by atoms with Crippen LogP contribution in [0.3, 0.4) is 0 Å². The molecule has 0 radical (unpaired) electrons. The van der Waals surface area contributed by atoms with Crippen molar-refractivity contribution in [2.45, 2.75) is 16.8 Å². The number of thioether (sulfide) groups is 1. The van der Waals surface area contributed by atoms with Gasteiger partial charge in [-0.25, -0.2) is 4.98 Å². The number of sulfonamides is 1. The Morgan fingerprint density at radius 2 is 2.10 bits per heavy atom. The predicted octanol–water partition coefficient (Wildman–Crippen LogP) is 2.99. The molecule has 0 fully saturated rings. The van der Waals surface area contributed by atoms with Gasteiger partial charge in [-0.05, 0) is 17.9 Å². The van der Waals surface area contributed by atoms with Crippen LogP contribution in [-0.4, -0.2) is 23.7 Å². The van der Waals surface area contributed by atoms with Gasteiger partial charge >= 0.3 is 0 Å². The second-order valence-electron chi connectivity index (χ2n) is 3.99. The maximum atomic E-state index is 12.3. The van der Waals surface area contributed by atoms with E-state index < -0.39 is 10.0 Å². The Morgan fingerprint density at radius 1 is 1.40 bits per heavy atom. The van der Waals surface area contributed by atoms with Crippen molar-refractivity contribution in [3.05, 3.63) is 35.7 Å². The number of para-hydroxylation sites is 1. The second-order valence-corrected chi connectivity index (χ2v) is 7.25. The van der Waals surface area contributed by atoms with Gasteiger partial charge in [0.25, 0.3) is 10.0 Å². The summed E-state index contributed by atoms with van der Waals surface area (Å²) in [6.07, 6.45) is 1.36. The van der Waals surface area contributed by atoms with E-state index in [0.29, 0.717) is 5.69 Å². The smallest absolute Gasteiger partial charge is 0.282 e. The number of rotatable bonds is 5. The van der Waals surface area contributed by atoms with Crippen molar-refractivity contribution in [1.29, 1.82) is 0 Å². The lowest BCUT2D eigenvalue weighted by Crippen LogP contribution is -2.14. The molecule has 0 saturated carbocycles. The molecule has 5 nitrogen and oxygen atoms in total. The highest BCUT2D eigenvalue weighted by Gasteiger charge is 2.23. The number of benzene rings is 1. The Bertz CT molecular complexity index is 713. The summed E-state index contributed by atoms with van der Waals surface area (Å²) in [7, 11) is -2.16. The van der Waals surface area contributed by atoms with E-state index in [4.69, 9.17) is 11.6 Å². The molecule has 0 atom stereocenters. The Hall–Kier alpha value is -1.18. The molecule has 0 aliphatic carbocycles. The molecule has 0 bridgehead atoms. The number of imidazole rings is 1. The van der Waals surface area contributed by atoms with Crippen molar-refractivity contribution in [2.75, 3.05) is 10.5 Å². The second kappa shape index (κ2) is 6.07. The van der Waals surface area contributed by atoms with E-state index in [-0.39, 0.29) is 10.2 Å². The van der Waals surface area contributed by atoms with E-state index in [1.165, 1.54) is 10.9 Å². The number of anilines is 1. The molecule has 0 aliphatic rings. The molecule has 2 aromatic rings. The Balaban J connectivity index is 2.36. The van der Waals surface area contributed by atoms with Crippen LogP contribution in [0.2, 0.25) is 5.15 Å². The summed E-state index contributed by atoms with van der Waals surface area (Å²) in [5.41, 5.74) is 0.529. The van der Waals surface area contributed by atoms with Gasteiger partial charge in [0.15, 0.2) is 0 Å². The maximum Gasteiger partial charge on any atom is 0.282 e. The van der Waals surface area contributed by atoms with Gasteiger partial charge in [0.2, 0.25) is 5.03 Å². The predicted molar refractivity (Wildman–Crippen MR) is 81.9 cm³/mol. The maximum absolute atomic E-state index is 12.3. The number of aromatic nitrogens is 2. The molecule has 0 spiro atoms. The quantitative estimate of drug-likeness (QED) is 0.855. The SMILES string of the molecule is CCSc1ccccc1NS(=O)(=O)c1ncn(C)c1Cl. The Labute approximate surface area is 127 Å². The molecular weight excluding hydrogens is 318 g/mol. The number of hydrogen-bond acceptors (Lipinski definition) is 4. The highest BCUT2D eigenvalue weighted by atomic mass is 35.5. The fraction of sp³-hybridized carbons (Fsp3) is 0.250. The lowest BCUT2D eigenvalue weighted by Gasteiger charge is -2.10. The topological polar surface area (TPSA) is 64.0 Å². The van der Waals surface area contributed by atoms with Crippen molar-refractivity contribution in [3.63, 3.8) is 0 Å². The zero-order valence-corrected chi connectivity index (χ0v) is 13.4. The van der Waals surface area contributed by atoms with E-state index in [9.17, 15) is 8.42 Å². The van der Waals surface area contributed by atoms with Crippen LogP contribution in [0, 0.1) is 0 Å². The fourth-order valence-electron chi connectivity index (χ4n) is 1.60. The summed E-state index contributed by atoms with van der Waals surface area (Å²) in [6.45, 7) is 2.01. The van der Waals surface area contributed by atoms with E-state index in [2.05, 4.69) is 9.71 Å². The highest BCUT2D eigenvalue weighted by molar-refractivity contribution is 7.99. The number of aryl methyl sites for hydroxylation is 1. The third-order valence-corrected chi connectivity index (χ3v) is 5.33. The summed E-state index contributed by atoms with van der Waals surface area (Å²) < 4.78 is 28.6. The average molecular weight is 332 g/mol. The standard InChI is InChI=1S/C12H14ClN3O2S2/c1-3-19-10-7-5-4-6-9(10)15-20(17,18)12-11(13)16(2)8-14-12/h4-8,15H,3H2,1-2H3. The van der Waals surface area contributed by atoms with Crippen molar-refractivity contribution in [2.24, 2.45) is 7.05 Å². The molecule has 1 aromatic heterocycles. The molecule has 0 aliphatic heterocycles. The Morgan fingerprint density at radius 3 is 2.70 bits per heavy atom. The summed E-state index contributed by atoms with van der Waals surface area (Å²) in [5, 5.41) is -0.0870. The van der Waals surface area contributed by atoms with E-state index in [0.717, 1.165) is 10.6 Å². The first-order valence-electron chi connectivity index (χ1n) is 5.87. The first kappa shape index (κ1) is 15.2. The van der Waals surface area contributed by atoms with Crippen molar-refractivity contribution < 1.29 is 8.42 Å². The first-order chi connectivity index (χ1) is 9.45. The summed E-state index contributed by atoms with van der Waals surface area (Å²) in [4.78, 5) is 4.70. The van der Waals surface area contributed by atoms with Crippen LogP contribution in [0.15, 0.2) is 40.5 Å². The molecule has 2 rings (SSSR count). The van der Waals surface area contributed by atoms with Crippen LogP contribution in [0.1, 0.15) is 6.92 Å². The van der Waals surface area contributed by atoms with Gasteiger partial charge in [-0.1, -0.05) is 30.7 Å². The molecule has 1 aromatic carbocycles. The summed E-state index contributed by atoms with van der Waals surface area (Å²) in [6, 6.07) is 7.22. The van der Waals surface area contributed by atoms with Gasteiger partial charge in [0.1, 0.15) is 5.15 Å². The largest absolute Gasteiger partial charge is 0.324 e. The third kappa shape index (κ3) is 3.11. The van der Waals surface area contributed by atoms with Gasteiger partial charge in [0, 0.05) is 11.9 Å². The zero-order chi connectivity index (χ0) is 14.8. The molecule has 0 unspecified atom stereocenters.